The summed E-state index contributed by atoms with van der Waals surface area (Å²) in [4.78, 5) is 25.5. The van der Waals surface area contributed by atoms with Gasteiger partial charge < -0.3 is 35.6 Å². The summed E-state index contributed by atoms with van der Waals surface area (Å²) in [6, 6.07) is 21.8. The average molecular weight is 568 g/mol. The molecule has 6 rings (SSSR count). The van der Waals surface area contributed by atoms with Crippen LogP contribution in [0.4, 0.5) is 5.69 Å². The lowest BCUT2D eigenvalue weighted by Gasteiger charge is -2.36. The molecule has 2 aliphatic heterocycles. The molecule has 0 radical (unpaired) electrons. The number of rotatable bonds is 5. The summed E-state index contributed by atoms with van der Waals surface area (Å²) in [7, 11) is 0. The maximum Gasteiger partial charge on any atom is 0.340 e. The van der Waals surface area contributed by atoms with Gasteiger partial charge in [-0.15, -0.1) is 0 Å². The smallest absolute Gasteiger partial charge is 0.340 e. The zero-order valence-electron chi connectivity index (χ0n) is 21.9. The third-order valence-corrected chi connectivity index (χ3v) is 7.29. The number of carbonyl (C=O) groups excluding carboxylic acids is 2. The Balaban J connectivity index is 1.19. The van der Waals surface area contributed by atoms with Gasteiger partial charge in [0.05, 0.1) is 5.56 Å². The second-order valence-electron chi connectivity index (χ2n) is 9.80. The van der Waals surface area contributed by atoms with E-state index in [1.165, 1.54) is 24.3 Å². The zero-order chi connectivity index (χ0) is 28.7. The van der Waals surface area contributed by atoms with Crippen molar-refractivity contribution >= 4 is 34.9 Å². The standard InChI is InChI=1S/C31H25N3O6S/c1-17-2-4-18(5-3-17)28(37)32-12-13-33-30(41)34-19-6-9-23-22(14-19)29(38)40-31(23)24-10-7-20(35)15-26(24)39-27-16-21(36)8-11-25(27)31/h2-11,14-16,35-36H,12-13H2,1H3,(H,32,37)(H2,33,34,41). The van der Waals surface area contributed by atoms with Crippen LogP contribution in [0.1, 0.15) is 43.0 Å². The summed E-state index contributed by atoms with van der Waals surface area (Å²) >= 11 is 5.41. The van der Waals surface area contributed by atoms with E-state index in [9.17, 15) is 19.8 Å². The first-order chi connectivity index (χ1) is 19.7. The third-order valence-electron chi connectivity index (χ3n) is 7.04. The van der Waals surface area contributed by atoms with Gasteiger partial charge in [-0.3, -0.25) is 4.79 Å². The number of nitrogens with one attached hydrogen (secondary N) is 3. The Kier molecular flexibility index (Phi) is 6.47. The van der Waals surface area contributed by atoms with E-state index in [1.54, 1.807) is 42.5 Å². The van der Waals surface area contributed by atoms with Crippen molar-refractivity contribution in [3.63, 3.8) is 0 Å². The molecule has 9 nitrogen and oxygen atoms in total. The van der Waals surface area contributed by atoms with Crippen molar-refractivity contribution in [3.05, 3.63) is 112 Å². The highest BCUT2D eigenvalue weighted by Gasteiger charge is 2.53. The lowest BCUT2D eigenvalue weighted by Crippen LogP contribution is -2.36. The molecule has 5 N–H and O–H groups in total. The quantitative estimate of drug-likeness (QED) is 0.133. The van der Waals surface area contributed by atoms with E-state index in [1.807, 2.05) is 19.1 Å². The van der Waals surface area contributed by atoms with Gasteiger partial charge in [-0.25, -0.2) is 4.79 Å². The van der Waals surface area contributed by atoms with E-state index >= 15 is 0 Å². The molecule has 1 amide bonds. The number of hydrogen-bond donors (Lipinski definition) is 5. The fourth-order valence-corrected chi connectivity index (χ4v) is 5.34. The Morgan fingerprint density at radius 2 is 1.44 bits per heavy atom. The fraction of sp³-hybridized carbons (Fsp3) is 0.129. The summed E-state index contributed by atoms with van der Waals surface area (Å²) in [5.41, 5.74) is 2.93. The van der Waals surface area contributed by atoms with E-state index in [-0.39, 0.29) is 17.4 Å². The number of hydrogen-bond acceptors (Lipinski definition) is 7. The zero-order valence-corrected chi connectivity index (χ0v) is 22.7. The van der Waals surface area contributed by atoms with Crippen molar-refractivity contribution in [2.75, 3.05) is 18.4 Å². The maximum atomic E-state index is 13.3. The topological polar surface area (TPSA) is 129 Å². The molecule has 0 bridgehead atoms. The van der Waals surface area contributed by atoms with Gasteiger partial charge in [0.2, 0.25) is 0 Å². The van der Waals surface area contributed by atoms with Crippen molar-refractivity contribution in [3.8, 4) is 23.0 Å². The highest BCUT2D eigenvalue weighted by atomic mass is 32.1. The van der Waals surface area contributed by atoms with Crippen molar-refractivity contribution in [1.82, 2.24) is 10.6 Å². The number of aryl methyl sites for hydroxylation is 1. The lowest BCUT2D eigenvalue weighted by molar-refractivity contribution is 0.0224. The molecular formula is C31H25N3O6S. The van der Waals surface area contributed by atoms with Crippen LogP contribution in [0, 0.1) is 6.92 Å². The number of anilines is 1. The number of fused-ring (bicyclic) bond motifs is 6. The number of thiocarbonyl (C=S) groups is 1. The van der Waals surface area contributed by atoms with Crippen LogP contribution in [-0.4, -0.2) is 40.3 Å². The molecule has 2 aliphatic rings. The van der Waals surface area contributed by atoms with E-state index in [0.717, 1.165) is 5.56 Å². The molecular weight excluding hydrogens is 542 g/mol. The maximum absolute atomic E-state index is 13.3. The van der Waals surface area contributed by atoms with Crippen LogP contribution in [-0.2, 0) is 10.3 Å². The predicted molar refractivity (Wildman–Crippen MR) is 156 cm³/mol. The highest BCUT2D eigenvalue weighted by Crippen LogP contribution is 2.57. The molecule has 0 unspecified atom stereocenters. The molecule has 41 heavy (non-hydrogen) atoms. The summed E-state index contributed by atoms with van der Waals surface area (Å²) in [6.07, 6.45) is 0. The Hall–Kier alpha value is -5.09. The minimum absolute atomic E-state index is 0.0117. The summed E-state index contributed by atoms with van der Waals surface area (Å²) in [6.45, 7) is 2.72. The second-order valence-corrected chi connectivity index (χ2v) is 10.2. The number of benzene rings is 4. The highest BCUT2D eigenvalue weighted by molar-refractivity contribution is 7.80. The monoisotopic (exact) mass is 567 g/mol. The lowest BCUT2D eigenvalue weighted by atomic mass is 9.77. The van der Waals surface area contributed by atoms with Crippen LogP contribution in [0.15, 0.2) is 78.9 Å². The number of aromatic hydroxyl groups is 2. The molecule has 2 heterocycles. The minimum atomic E-state index is -1.33. The average Bonchev–Trinajstić information content (AvgIpc) is 3.23. The molecule has 0 saturated heterocycles. The van der Waals surface area contributed by atoms with E-state index in [4.69, 9.17) is 21.7 Å². The number of phenolic OH excluding ortho intramolecular Hbond substituents is 2. The number of carbonyl (C=O) groups is 2. The van der Waals surface area contributed by atoms with Crippen molar-refractivity contribution in [2.45, 2.75) is 12.5 Å². The normalized spacial score (nSPS) is 13.7. The molecule has 10 heteroatoms. The number of esters is 1. The molecule has 0 fully saturated rings. The van der Waals surface area contributed by atoms with Gasteiger partial charge in [0, 0.05) is 53.2 Å². The molecule has 1 spiro atoms. The first-order valence-electron chi connectivity index (χ1n) is 12.9. The van der Waals surface area contributed by atoms with Gasteiger partial charge in [-0.1, -0.05) is 23.8 Å². The van der Waals surface area contributed by atoms with Gasteiger partial charge in [-0.05, 0) is 67.7 Å². The van der Waals surface area contributed by atoms with Crippen LogP contribution >= 0.6 is 12.2 Å². The van der Waals surface area contributed by atoms with Crippen molar-refractivity contribution < 1.29 is 29.3 Å². The predicted octanol–water partition coefficient (Wildman–Crippen LogP) is 4.69. The minimum Gasteiger partial charge on any atom is -0.508 e. The van der Waals surface area contributed by atoms with E-state index in [0.29, 0.717) is 63.2 Å². The van der Waals surface area contributed by atoms with Crippen LogP contribution in [0.2, 0.25) is 0 Å². The van der Waals surface area contributed by atoms with Crippen LogP contribution in [0.3, 0.4) is 0 Å². The number of ether oxygens (including phenoxy) is 2. The third kappa shape index (κ3) is 4.68. The van der Waals surface area contributed by atoms with Gasteiger partial charge in [0.15, 0.2) is 10.7 Å². The fourth-order valence-electron chi connectivity index (χ4n) is 5.12. The Morgan fingerprint density at radius 1 is 0.829 bits per heavy atom. The van der Waals surface area contributed by atoms with Crippen molar-refractivity contribution in [2.24, 2.45) is 0 Å². The Labute approximate surface area is 240 Å². The van der Waals surface area contributed by atoms with Crippen molar-refractivity contribution in [1.29, 1.82) is 0 Å². The summed E-state index contributed by atoms with van der Waals surface area (Å²) in [5, 5.41) is 29.4. The van der Waals surface area contributed by atoms with E-state index in [2.05, 4.69) is 16.0 Å². The Morgan fingerprint density at radius 3 is 2.10 bits per heavy atom. The van der Waals surface area contributed by atoms with Gasteiger partial charge in [-0.2, -0.15) is 0 Å². The summed E-state index contributed by atoms with van der Waals surface area (Å²) in [5.74, 6) is -0.110. The molecule has 0 saturated carbocycles. The van der Waals surface area contributed by atoms with Gasteiger partial charge in [0.25, 0.3) is 5.91 Å². The first-order valence-corrected chi connectivity index (χ1v) is 13.3. The van der Waals surface area contributed by atoms with Gasteiger partial charge in [0.1, 0.15) is 23.0 Å². The first kappa shape index (κ1) is 26.1. The summed E-state index contributed by atoms with van der Waals surface area (Å²) < 4.78 is 12.1. The largest absolute Gasteiger partial charge is 0.508 e. The molecule has 4 aromatic rings. The number of amides is 1. The van der Waals surface area contributed by atoms with Crippen LogP contribution in [0.25, 0.3) is 0 Å². The van der Waals surface area contributed by atoms with E-state index < -0.39 is 11.6 Å². The molecule has 4 aromatic carbocycles. The van der Waals surface area contributed by atoms with Gasteiger partial charge >= 0.3 is 5.97 Å². The molecule has 0 atom stereocenters. The SMILES string of the molecule is Cc1ccc(C(=O)NCCNC(=S)Nc2ccc3c(c2)C(=O)OC32c3ccc(O)cc3Oc3cc(O)ccc32)cc1. The van der Waals surface area contributed by atoms with Crippen LogP contribution < -0.4 is 20.7 Å². The second kappa shape index (κ2) is 10.1. The molecule has 0 aromatic heterocycles. The Bertz CT molecular complexity index is 1670. The molecule has 0 aliphatic carbocycles. The van der Waals surface area contributed by atoms with Crippen LogP contribution in [0.5, 0.6) is 23.0 Å². The molecule has 206 valence electrons. The number of phenols is 2.